The number of hydrogen-bond acceptors (Lipinski definition) is 4. The summed E-state index contributed by atoms with van der Waals surface area (Å²) in [5, 5.41) is 3.00. The summed E-state index contributed by atoms with van der Waals surface area (Å²) < 4.78 is 0. The van der Waals surface area contributed by atoms with E-state index in [4.69, 9.17) is 10.7 Å². The third kappa shape index (κ3) is 3.02. The molecule has 1 saturated heterocycles. The molecule has 1 amide bonds. The maximum atomic E-state index is 11.2. The highest BCUT2D eigenvalue weighted by atomic mass is 16.1. The van der Waals surface area contributed by atoms with Gasteiger partial charge >= 0.3 is 0 Å². The van der Waals surface area contributed by atoms with E-state index in [1.165, 1.54) is 24.1 Å². The van der Waals surface area contributed by atoms with Gasteiger partial charge in [-0.1, -0.05) is 0 Å². The Morgan fingerprint density at radius 1 is 1.48 bits per heavy atom. The van der Waals surface area contributed by atoms with Crippen LogP contribution in [0, 0.1) is 0 Å². The molecule has 1 aliphatic carbocycles. The quantitative estimate of drug-likeness (QED) is 0.875. The average Bonchev–Trinajstić information content (AvgIpc) is 2.93. The molecule has 5 heteroatoms. The van der Waals surface area contributed by atoms with Crippen molar-refractivity contribution < 1.29 is 4.79 Å². The zero-order valence-electron chi connectivity index (χ0n) is 12.7. The summed E-state index contributed by atoms with van der Waals surface area (Å²) in [6, 6.07) is 2.48. The largest absolute Gasteiger partial charge is 0.354 e. The SMILES string of the molecule is CC(=O)NC1CCN(c2nc3c(cc2CN)CCCC3)C1. The summed E-state index contributed by atoms with van der Waals surface area (Å²) in [6.45, 7) is 3.87. The van der Waals surface area contributed by atoms with Crippen LogP contribution in [0.5, 0.6) is 0 Å². The minimum absolute atomic E-state index is 0.0410. The van der Waals surface area contributed by atoms with Crippen LogP contribution >= 0.6 is 0 Å². The van der Waals surface area contributed by atoms with Crippen LogP contribution in [0.1, 0.15) is 43.0 Å². The number of nitrogens with two attached hydrogens (primary N) is 1. The van der Waals surface area contributed by atoms with E-state index in [-0.39, 0.29) is 11.9 Å². The van der Waals surface area contributed by atoms with Crippen molar-refractivity contribution in [1.29, 1.82) is 0 Å². The van der Waals surface area contributed by atoms with Crippen LogP contribution in [0.25, 0.3) is 0 Å². The van der Waals surface area contributed by atoms with Gasteiger partial charge in [0.1, 0.15) is 5.82 Å². The van der Waals surface area contributed by atoms with Gasteiger partial charge in [0.05, 0.1) is 0 Å². The number of carbonyl (C=O) groups excluding carboxylic acids is 1. The van der Waals surface area contributed by atoms with Gasteiger partial charge < -0.3 is 16.0 Å². The molecule has 1 unspecified atom stereocenters. The van der Waals surface area contributed by atoms with Crippen molar-refractivity contribution in [2.24, 2.45) is 5.73 Å². The Kier molecular flexibility index (Phi) is 4.10. The molecular weight excluding hydrogens is 264 g/mol. The number of carbonyl (C=O) groups is 1. The van der Waals surface area contributed by atoms with Crippen LogP contribution in [0.2, 0.25) is 0 Å². The van der Waals surface area contributed by atoms with Crippen LogP contribution in [-0.2, 0) is 24.2 Å². The monoisotopic (exact) mass is 288 g/mol. The summed E-state index contributed by atoms with van der Waals surface area (Å²) in [5.41, 5.74) is 9.69. The Balaban J connectivity index is 1.83. The van der Waals surface area contributed by atoms with Gasteiger partial charge in [-0.3, -0.25) is 4.79 Å². The molecular formula is C16H24N4O. The summed E-state index contributed by atoms with van der Waals surface area (Å²) >= 11 is 0. The first-order valence-electron chi connectivity index (χ1n) is 7.91. The van der Waals surface area contributed by atoms with E-state index in [0.717, 1.165) is 43.7 Å². The van der Waals surface area contributed by atoms with Crippen LogP contribution in [0.4, 0.5) is 5.82 Å². The van der Waals surface area contributed by atoms with Crippen LogP contribution in [0.3, 0.4) is 0 Å². The summed E-state index contributed by atoms with van der Waals surface area (Å²) in [6.07, 6.45) is 5.67. The van der Waals surface area contributed by atoms with Gasteiger partial charge in [0.2, 0.25) is 5.91 Å². The van der Waals surface area contributed by atoms with Crippen molar-refractivity contribution in [2.45, 2.75) is 51.6 Å². The normalized spacial score (nSPS) is 21.2. The zero-order valence-corrected chi connectivity index (χ0v) is 12.7. The van der Waals surface area contributed by atoms with Crippen molar-refractivity contribution in [3.8, 4) is 0 Å². The molecule has 1 aromatic heterocycles. The zero-order chi connectivity index (χ0) is 14.8. The van der Waals surface area contributed by atoms with E-state index < -0.39 is 0 Å². The molecule has 0 spiro atoms. The molecule has 21 heavy (non-hydrogen) atoms. The number of aromatic nitrogens is 1. The number of aryl methyl sites for hydroxylation is 2. The number of amides is 1. The molecule has 2 aliphatic rings. The number of nitrogens with one attached hydrogen (secondary N) is 1. The second-order valence-electron chi connectivity index (χ2n) is 6.12. The van der Waals surface area contributed by atoms with Gasteiger partial charge in [0.25, 0.3) is 0 Å². The molecule has 3 rings (SSSR count). The first kappa shape index (κ1) is 14.3. The number of rotatable bonds is 3. The molecule has 2 heterocycles. The van der Waals surface area contributed by atoms with Gasteiger partial charge in [-0.2, -0.15) is 0 Å². The second-order valence-corrected chi connectivity index (χ2v) is 6.12. The first-order chi connectivity index (χ1) is 10.2. The molecule has 114 valence electrons. The molecule has 0 saturated carbocycles. The highest BCUT2D eigenvalue weighted by Gasteiger charge is 2.26. The van der Waals surface area contributed by atoms with E-state index in [1.807, 2.05) is 0 Å². The van der Waals surface area contributed by atoms with Crippen molar-refractivity contribution in [2.75, 3.05) is 18.0 Å². The predicted molar refractivity (Wildman–Crippen MR) is 83.2 cm³/mol. The topological polar surface area (TPSA) is 71.2 Å². The number of hydrogen-bond donors (Lipinski definition) is 2. The molecule has 0 bridgehead atoms. The fourth-order valence-corrected chi connectivity index (χ4v) is 3.45. The predicted octanol–water partition coefficient (Wildman–Crippen LogP) is 1.13. The lowest BCUT2D eigenvalue weighted by Crippen LogP contribution is -2.36. The van der Waals surface area contributed by atoms with E-state index in [1.54, 1.807) is 6.92 Å². The minimum atomic E-state index is 0.0410. The Morgan fingerprint density at radius 3 is 3.05 bits per heavy atom. The van der Waals surface area contributed by atoms with Crippen molar-refractivity contribution in [3.05, 3.63) is 22.9 Å². The van der Waals surface area contributed by atoms with Gasteiger partial charge in [-0.15, -0.1) is 0 Å². The van der Waals surface area contributed by atoms with Gasteiger partial charge in [-0.05, 0) is 43.7 Å². The highest BCUT2D eigenvalue weighted by Crippen LogP contribution is 2.28. The summed E-state index contributed by atoms with van der Waals surface area (Å²) in [4.78, 5) is 18.4. The first-order valence-corrected chi connectivity index (χ1v) is 7.91. The van der Waals surface area contributed by atoms with Gasteiger partial charge in [-0.25, -0.2) is 4.98 Å². The lowest BCUT2D eigenvalue weighted by atomic mass is 9.94. The smallest absolute Gasteiger partial charge is 0.217 e. The number of pyridine rings is 1. The lowest BCUT2D eigenvalue weighted by Gasteiger charge is -2.24. The van der Waals surface area contributed by atoms with Crippen molar-refractivity contribution in [1.82, 2.24) is 10.3 Å². The van der Waals surface area contributed by atoms with Crippen LogP contribution in [0.15, 0.2) is 6.07 Å². The van der Waals surface area contributed by atoms with Crippen molar-refractivity contribution >= 4 is 11.7 Å². The summed E-state index contributed by atoms with van der Waals surface area (Å²) in [5.74, 6) is 1.07. The fraction of sp³-hybridized carbons (Fsp3) is 0.625. The molecule has 0 aromatic carbocycles. The van der Waals surface area contributed by atoms with Crippen LogP contribution < -0.4 is 16.0 Å². The van der Waals surface area contributed by atoms with Crippen molar-refractivity contribution in [3.63, 3.8) is 0 Å². The molecule has 5 nitrogen and oxygen atoms in total. The average molecular weight is 288 g/mol. The lowest BCUT2D eigenvalue weighted by molar-refractivity contribution is -0.119. The molecule has 1 aromatic rings. The Bertz CT molecular complexity index is 543. The molecule has 1 fully saturated rings. The fourth-order valence-electron chi connectivity index (χ4n) is 3.45. The standard InChI is InChI=1S/C16H24N4O/c1-11(21)18-14-6-7-20(10-14)16-13(9-17)8-12-4-2-3-5-15(12)19-16/h8,14H,2-7,9-10,17H2,1H3,(H,18,21). The van der Waals surface area contributed by atoms with E-state index in [0.29, 0.717) is 6.54 Å². The highest BCUT2D eigenvalue weighted by molar-refractivity contribution is 5.73. The number of fused-ring (bicyclic) bond motifs is 1. The molecule has 1 aliphatic heterocycles. The third-order valence-electron chi connectivity index (χ3n) is 4.47. The molecule has 1 atom stereocenters. The maximum Gasteiger partial charge on any atom is 0.217 e. The Morgan fingerprint density at radius 2 is 2.29 bits per heavy atom. The summed E-state index contributed by atoms with van der Waals surface area (Å²) in [7, 11) is 0. The van der Waals surface area contributed by atoms with E-state index in [2.05, 4.69) is 16.3 Å². The van der Waals surface area contributed by atoms with Gasteiger partial charge in [0, 0.05) is 43.9 Å². The van der Waals surface area contributed by atoms with E-state index in [9.17, 15) is 4.79 Å². The maximum absolute atomic E-state index is 11.2. The molecule has 3 N–H and O–H groups in total. The minimum Gasteiger partial charge on any atom is -0.354 e. The Labute approximate surface area is 125 Å². The molecule has 0 radical (unpaired) electrons. The second kappa shape index (κ2) is 6.02. The van der Waals surface area contributed by atoms with E-state index >= 15 is 0 Å². The van der Waals surface area contributed by atoms with Gasteiger partial charge in [0.15, 0.2) is 0 Å². The van der Waals surface area contributed by atoms with Crippen LogP contribution in [-0.4, -0.2) is 30.0 Å². The number of nitrogens with zero attached hydrogens (tertiary/aromatic N) is 2. The third-order valence-corrected chi connectivity index (χ3v) is 4.47. The number of anilines is 1. The Hall–Kier alpha value is -1.62.